The van der Waals surface area contributed by atoms with E-state index in [2.05, 4.69) is 10.1 Å². The monoisotopic (exact) mass is 345 g/mol. The van der Waals surface area contributed by atoms with Crippen LogP contribution in [0.5, 0.6) is 5.75 Å². The van der Waals surface area contributed by atoms with Gasteiger partial charge in [0.05, 0.1) is 5.02 Å². The second kappa shape index (κ2) is 8.08. The zero-order valence-corrected chi connectivity index (χ0v) is 13.1. The van der Waals surface area contributed by atoms with Crippen LogP contribution in [0.25, 0.3) is 0 Å². The Morgan fingerprint density at radius 2 is 1.90 bits per heavy atom. The number of alkyl halides is 3. The van der Waals surface area contributed by atoms with Crippen molar-refractivity contribution in [1.82, 2.24) is 5.32 Å². The number of halogens is 5. The van der Waals surface area contributed by atoms with Crippen LogP contribution >= 0.6 is 23.2 Å². The summed E-state index contributed by atoms with van der Waals surface area (Å²) in [7, 11) is 0. The largest absolute Gasteiger partial charge is 0.466 e. The van der Waals surface area contributed by atoms with Crippen LogP contribution in [0.4, 0.5) is 13.2 Å². The first kappa shape index (κ1) is 18.4. The Hall–Kier alpha value is -0.690. The number of benzene rings is 1. The SMILES string of the molecule is CC(C)NCc1cc(Cl)cc(Cl)c1OCOCC(F)(F)F. The fourth-order valence-electron chi connectivity index (χ4n) is 1.48. The standard InChI is InChI=1S/C13H16Cl2F3NO2/c1-8(2)19-5-9-3-10(14)4-11(15)12(9)21-7-20-6-13(16,17)18/h3-4,8,19H,5-7H2,1-2H3. The van der Waals surface area contributed by atoms with Crippen LogP contribution in [0.3, 0.4) is 0 Å². The highest BCUT2D eigenvalue weighted by atomic mass is 35.5. The topological polar surface area (TPSA) is 30.5 Å². The lowest BCUT2D eigenvalue weighted by Crippen LogP contribution is -2.23. The average molecular weight is 346 g/mol. The molecule has 0 aliphatic heterocycles. The Morgan fingerprint density at radius 1 is 1.24 bits per heavy atom. The fraction of sp³-hybridized carbons (Fsp3) is 0.538. The third-order valence-corrected chi connectivity index (χ3v) is 2.84. The van der Waals surface area contributed by atoms with E-state index in [1.807, 2.05) is 13.8 Å². The van der Waals surface area contributed by atoms with Crippen LogP contribution in [0.2, 0.25) is 10.0 Å². The summed E-state index contributed by atoms with van der Waals surface area (Å²) in [5, 5.41) is 3.79. The number of rotatable bonds is 7. The van der Waals surface area contributed by atoms with Crippen molar-refractivity contribution in [3.05, 3.63) is 27.7 Å². The van der Waals surface area contributed by atoms with E-state index in [1.54, 1.807) is 6.07 Å². The maximum Gasteiger partial charge on any atom is 0.411 e. The number of hydrogen-bond donors (Lipinski definition) is 1. The van der Waals surface area contributed by atoms with Crippen LogP contribution in [0, 0.1) is 0 Å². The molecule has 0 atom stereocenters. The van der Waals surface area contributed by atoms with E-state index in [4.69, 9.17) is 27.9 Å². The minimum Gasteiger partial charge on any atom is -0.466 e. The van der Waals surface area contributed by atoms with E-state index in [9.17, 15) is 13.2 Å². The minimum absolute atomic E-state index is 0.220. The molecule has 3 nitrogen and oxygen atoms in total. The molecule has 120 valence electrons. The van der Waals surface area contributed by atoms with E-state index in [1.165, 1.54) is 6.07 Å². The number of nitrogens with one attached hydrogen (secondary N) is 1. The fourth-order valence-corrected chi connectivity index (χ4v) is 2.07. The molecule has 21 heavy (non-hydrogen) atoms. The van der Waals surface area contributed by atoms with Crippen molar-refractivity contribution in [2.75, 3.05) is 13.4 Å². The predicted octanol–water partition coefficient (Wildman–Crippen LogP) is 4.41. The zero-order chi connectivity index (χ0) is 16.0. The molecule has 0 amide bonds. The summed E-state index contributed by atoms with van der Waals surface area (Å²) in [6.07, 6.45) is -4.39. The lowest BCUT2D eigenvalue weighted by molar-refractivity contribution is -0.186. The van der Waals surface area contributed by atoms with Crippen LogP contribution in [0.15, 0.2) is 12.1 Å². The van der Waals surface area contributed by atoms with Gasteiger partial charge in [-0.3, -0.25) is 0 Å². The van der Waals surface area contributed by atoms with Crippen molar-refractivity contribution in [3.8, 4) is 5.75 Å². The van der Waals surface area contributed by atoms with Gasteiger partial charge in [-0.1, -0.05) is 37.0 Å². The first-order valence-corrected chi connectivity index (χ1v) is 6.93. The Kier molecular flexibility index (Phi) is 7.06. The third-order valence-electron chi connectivity index (χ3n) is 2.34. The van der Waals surface area contributed by atoms with Gasteiger partial charge in [0.2, 0.25) is 0 Å². The van der Waals surface area contributed by atoms with E-state index >= 15 is 0 Å². The summed E-state index contributed by atoms with van der Waals surface area (Å²) in [5.41, 5.74) is 0.650. The Bertz CT molecular complexity index is 467. The highest BCUT2D eigenvalue weighted by Crippen LogP contribution is 2.32. The molecule has 0 aliphatic rings. The second-order valence-electron chi connectivity index (χ2n) is 4.64. The van der Waals surface area contributed by atoms with E-state index in [0.29, 0.717) is 17.1 Å². The maximum absolute atomic E-state index is 12.0. The molecule has 0 fully saturated rings. The van der Waals surface area contributed by atoms with Crippen LogP contribution < -0.4 is 10.1 Å². The summed E-state index contributed by atoms with van der Waals surface area (Å²) >= 11 is 11.9. The van der Waals surface area contributed by atoms with E-state index < -0.39 is 19.6 Å². The zero-order valence-electron chi connectivity index (χ0n) is 11.6. The lowest BCUT2D eigenvalue weighted by Gasteiger charge is -2.16. The molecule has 0 unspecified atom stereocenters. The van der Waals surface area contributed by atoms with Gasteiger partial charge in [-0.25, -0.2) is 0 Å². The molecule has 0 heterocycles. The molecule has 8 heteroatoms. The third kappa shape index (κ3) is 7.22. The first-order chi connectivity index (χ1) is 9.69. The Morgan fingerprint density at radius 3 is 2.48 bits per heavy atom. The highest BCUT2D eigenvalue weighted by Gasteiger charge is 2.27. The molecule has 0 saturated heterocycles. The molecule has 0 aliphatic carbocycles. The molecular formula is C13H16Cl2F3NO2. The molecule has 0 spiro atoms. The van der Waals surface area contributed by atoms with E-state index in [-0.39, 0.29) is 16.8 Å². The quantitative estimate of drug-likeness (QED) is 0.586. The maximum atomic E-state index is 12.0. The Balaban J connectivity index is 2.70. The van der Waals surface area contributed by atoms with Gasteiger partial charge >= 0.3 is 6.18 Å². The van der Waals surface area contributed by atoms with Crippen molar-refractivity contribution in [2.24, 2.45) is 0 Å². The van der Waals surface area contributed by atoms with Crippen LogP contribution in [-0.4, -0.2) is 25.6 Å². The van der Waals surface area contributed by atoms with E-state index in [0.717, 1.165) is 0 Å². The predicted molar refractivity (Wildman–Crippen MR) is 75.9 cm³/mol. The molecule has 0 saturated carbocycles. The normalized spacial score (nSPS) is 12.0. The molecule has 0 radical (unpaired) electrons. The Labute approximate surface area is 131 Å². The highest BCUT2D eigenvalue weighted by molar-refractivity contribution is 6.35. The van der Waals surface area contributed by atoms with Gasteiger partial charge in [0.15, 0.2) is 6.79 Å². The van der Waals surface area contributed by atoms with Crippen molar-refractivity contribution in [1.29, 1.82) is 0 Å². The summed E-state index contributed by atoms with van der Waals surface area (Å²) in [5.74, 6) is 0.261. The van der Waals surface area contributed by atoms with Gasteiger partial charge < -0.3 is 14.8 Å². The molecule has 1 rings (SSSR count). The molecule has 1 aromatic carbocycles. The molecule has 1 N–H and O–H groups in total. The molecule has 0 aromatic heterocycles. The molecule has 0 bridgehead atoms. The van der Waals surface area contributed by atoms with Crippen LogP contribution in [-0.2, 0) is 11.3 Å². The summed E-state index contributed by atoms with van der Waals surface area (Å²) in [4.78, 5) is 0. The van der Waals surface area contributed by atoms with Gasteiger partial charge in [-0.2, -0.15) is 13.2 Å². The number of hydrogen-bond acceptors (Lipinski definition) is 3. The van der Waals surface area contributed by atoms with Crippen molar-refractivity contribution >= 4 is 23.2 Å². The lowest BCUT2D eigenvalue weighted by atomic mass is 10.2. The molecule has 1 aromatic rings. The number of ether oxygens (including phenoxy) is 2. The minimum atomic E-state index is -4.39. The van der Waals surface area contributed by atoms with Gasteiger partial charge in [0, 0.05) is 23.2 Å². The van der Waals surface area contributed by atoms with Gasteiger partial charge in [0.1, 0.15) is 12.4 Å². The second-order valence-corrected chi connectivity index (χ2v) is 5.48. The van der Waals surface area contributed by atoms with Crippen molar-refractivity contribution in [2.45, 2.75) is 32.6 Å². The van der Waals surface area contributed by atoms with Crippen molar-refractivity contribution in [3.63, 3.8) is 0 Å². The van der Waals surface area contributed by atoms with Gasteiger partial charge in [-0.05, 0) is 12.1 Å². The first-order valence-electron chi connectivity index (χ1n) is 6.17. The summed E-state index contributed by atoms with van der Waals surface area (Å²) in [6, 6.07) is 3.32. The molecular weight excluding hydrogens is 330 g/mol. The van der Waals surface area contributed by atoms with Gasteiger partial charge in [0.25, 0.3) is 0 Å². The average Bonchev–Trinajstić information content (AvgIpc) is 2.32. The van der Waals surface area contributed by atoms with Crippen molar-refractivity contribution < 1.29 is 22.6 Å². The summed E-state index contributed by atoms with van der Waals surface area (Å²) in [6.45, 7) is 2.41. The summed E-state index contributed by atoms with van der Waals surface area (Å²) < 4.78 is 45.5. The van der Waals surface area contributed by atoms with Gasteiger partial charge in [-0.15, -0.1) is 0 Å². The van der Waals surface area contributed by atoms with Crippen LogP contribution in [0.1, 0.15) is 19.4 Å². The smallest absolute Gasteiger partial charge is 0.411 e.